The Kier molecular flexibility index (Phi) is 31.2. The number of aromatic nitrogens is 9. The summed E-state index contributed by atoms with van der Waals surface area (Å²) >= 11 is 0. The van der Waals surface area contributed by atoms with Crippen LogP contribution in [0.25, 0.3) is 0 Å². The molecule has 786 valence electrons. The van der Waals surface area contributed by atoms with Gasteiger partial charge in [-0.3, -0.25) is 43.7 Å². The van der Waals surface area contributed by atoms with E-state index in [0.29, 0.717) is 138 Å². The van der Waals surface area contributed by atoms with Gasteiger partial charge >= 0.3 is 0 Å². The molecule has 0 unspecified atom stereocenters. The van der Waals surface area contributed by atoms with Crippen molar-refractivity contribution in [3.8, 4) is 23.0 Å². The first-order valence-electron chi connectivity index (χ1n) is 52.1. The highest BCUT2D eigenvalue weighted by Crippen LogP contribution is 2.48. The van der Waals surface area contributed by atoms with Crippen LogP contribution < -0.4 is 101 Å². The van der Waals surface area contributed by atoms with Crippen LogP contribution in [0.3, 0.4) is 0 Å². The number of carbonyl (C=O) groups is 6. The monoisotopic (exact) mass is 2020 g/mol. The van der Waals surface area contributed by atoms with Crippen molar-refractivity contribution in [1.29, 1.82) is 0 Å². The summed E-state index contributed by atoms with van der Waals surface area (Å²) in [6.07, 6.45) is 30.5. The van der Waals surface area contributed by atoms with E-state index in [1.54, 1.807) is 130 Å². The lowest BCUT2D eigenvalue weighted by molar-refractivity contribution is -0.126. The number of hydrogen-bond donors (Lipinski definition) is 9. The number of benzene rings is 4. The maximum Gasteiger partial charge on any atom is 0.251 e. The van der Waals surface area contributed by atoms with Gasteiger partial charge < -0.3 is 106 Å². The van der Waals surface area contributed by atoms with Crippen LogP contribution in [-0.2, 0) is 25.7 Å². The lowest BCUT2D eigenvalue weighted by Gasteiger charge is -2.34. The topological polar surface area (TPSA) is 422 Å². The number of anilines is 16. The molecule has 0 saturated heterocycles. The van der Waals surface area contributed by atoms with E-state index < -0.39 is 27.2 Å². The summed E-state index contributed by atoms with van der Waals surface area (Å²) in [4.78, 5) is 146. The fraction of sp³-hybridized carbons (Fsp3) is 0.518. The van der Waals surface area contributed by atoms with Crippen LogP contribution in [0.4, 0.5) is 92.6 Å². The zero-order valence-electron chi connectivity index (χ0n) is 88.9. The quantitative estimate of drug-likeness (QED) is 0.0271. The first-order valence-corrected chi connectivity index (χ1v) is 52.1. The largest absolute Gasteiger partial charge is 0.495 e. The molecule has 0 bridgehead atoms. The number of nitrogens with one attached hydrogen (secondary N) is 8. The second-order valence-corrected chi connectivity index (χ2v) is 44.0. The van der Waals surface area contributed by atoms with Gasteiger partial charge in [0.15, 0.2) is 23.3 Å². The highest BCUT2D eigenvalue weighted by Gasteiger charge is 2.48. The predicted octanol–water partition coefficient (Wildman–Crippen LogP) is 15.8. The fourth-order valence-electron chi connectivity index (χ4n) is 22.2. The van der Waals surface area contributed by atoms with Crippen LogP contribution in [0.15, 0.2) is 132 Å². The van der Waals surface area contributed by atoms with Crippen LogP contribution >= 0.6 is 0 Å². The van der Waals surface area contributed by atoms with Gasteiger partial charge in [0.25, 0.3) is 11.8 Å². The van der Waals surface area contributed by atoms with Gasteiger partial charge in [-0.1, -0.05) is 70.3 Å². The van der Waals surface area contributed by atoms with Gasteiger partial charge in [-0.15, -0.1) is 0 Å². The molecule has 11 aliphatic rings. The molecule has 9 aromatic rings. The third-order valence-corrected chi connectivity index (χ3v) is 30.4. The molecule has 5 aliphatic carbocycles. The van der Waals surface area contributed by atoms with Gasteiger partial charge in [0.05, 0.1) is 141 Å². The van der Waals surface area contributed by atoms with Gasteiger partial charge in [-0.05, 0) is 218 Å². The van der Waals surface area contributed by atoms with Crippen LogP contribution in [-0.4, -0.2) is 241 Å². The van der Waals surface area contributed by atoms with E-state index in [1.807, 2.05) is 124 Å². The number of aliphatic imine (C=N–C) groups is 2. The molecule has 20 rings (SSSR count). The average molecular weight is 2020 g/mol. The van der Waals surface area contributed by atoms with Crippen molar-refractivity contribution in [3.63, 3.8) is 0 Å². The van der Waals surface area contributed by atoms with Crippen molar-refractivity contribution in [3.05, 3.63) is 150 Å². The van der Waals surface area contributed by atoms with Crippen LogP contribution in [0, 0.1) is 21.7 Å². The smallest absolute Gasteiger partial charge is 0.251 e. The molecule has 6 aliphatic heterocycles. The van der Waals surface area contributed by atoms with Gasteiger partial charge in [0.2, 0.25) is 47.4 Å². The summed E-state index contributed by atoms with van der Waals surface area (Å²) in [6.45, 7) is 25.4. The number of carbonyl (C=O) groups excluding carboxylic acids is 6. The Labute approximate surface area is 867 Å². The van der Waals surface area contributed by atoms with Crippen LogP contribution in [0.1, 0.15) is 235 Å². The second-order valence-electron chi connectivity index (χ2n) is 44.0. The van der Waals surface area contributed by atoms with E-state index in [1.165, 1.54) is 51.4 Å². The number of aliphatic hydroxyl groups excluding tert-OH is 1. The Morgan fingerprint density at radius 3 is 1.06 bits per heavy atom. The molecule has 0 spiro atoms. The number of pyridine rings is 1. The summed E-state index contributed by atoms with van der Waals surface area (Å²) in [5, 5.41) is 35.8. The summed E-state index contributed by atoms with van der Waals surface area (Å²) < 4.78 is 22.5. The van der Waals surface area contributed by atoms with Gasteiger partial charge in [0.1, 0.15) is 57.4 Å². The molecule has 0 radical (unpaired) electrons. The number of nitrogens with zero attached hydrogens (tertiary/aromatic N) is 19. The Morgan fingerprint density at radius 1 is 0.412 bits per heavy atom. The van der Waals surface area contributed by atoms with E-state index >= 15 is 0 Å². The minimum atomic E-state index is -0.557. The molecule has 5 fully saturated rings. The normalized spacial score (nSPS) is 19.6. The van der Waals surface area contributed by atoms with E-state index in [2.05, 4.69) is 111 Å². The maximum absolute atomic E-state index is 13.2. The van der Waals surface area contributed by atoms with Gasteiger partial charge in [-0.2, -0.15) is 19.9 Å². The van der Waals surface area contributed by atoms with Crippen molar-refractivity contribution in [1.82, 2.24) is 66.1 Å². The standard InChI is InChI=1S/C29H35N7O3.C29H40N6O4.C27H37N7O2.C25H33N7O2/c1-29(2)18-36(21-10-5-6-11-21)25-23(35(3)27(29)38)17-32-28(34-25)33-22-13-12-19(15-24(22)39-4)26(37)31-16-20-9-7-8-14-30-20;1-28(2)17-35(20-9-5-6-10-20)24-22(34(3)26(28)38)16-30-27(32-24)31-21-12-11-19(15-23(21)39-4)25(37)33-29(18-36)13-7-8-14-29;1-26(2)16-34(18-9-7-8-10-18)23-20(33(5)24(26)35)14-28-25(31-23)30-19-12-11-17(13-21(19)36-6)22-29-15-27(3,4)32-22;1-25(2)15-32(17-7-5-6-8-17)22-19(31(3)23(25)33)14-28-24(30-22)29-18-10-9-16(13-20(18)34-4)21-26-11-12-27-21/h7-9,12-15,17,21H,5-6,10-11,16,18H2,1-4H3,(H,31,37)(H,32,33,34);11-12,15-16,20,36H,5-10,13-14,17-18H2,1-4H3,(H,33,37)(H,30,31,32);11-14,18H,7-10,15-16H2,1-6H3,(H,29,32)(H,28,30,31);9-10,13-14,17H,5-8,11-12,15H2,1-4H3,(H,26,27)(H,28,29,30). The summed E-state index contributed by atoms with van der Waals surface area (Å²) in [5.74, 6) is 8.74. The Morgan fingerprint density at radius 2 is 0.750 bits per heavy atom. The van der Waals surface area contributed by atoms with E-state index in [4.69, 9.17) is 38.9 Å². The third kappa shape index (κ3) is 22.9. The number of amides is 6. The highest BCUT2D eigenvalue weighted by molar-refractivity contribution is 6.06. The zero-order chi connectivity index (χ0) is 105. The lowest BCUT2D eigenvalue weighted by atomic mass is 9.91. The number of rotatable bonds is 24. The number of amidine groups is 2. The number of ether oxygens (including phenoxy) is 4. The molecule has 38 nitrogen and oxygen atoms in total. The molecule has 9 N–H and O–H groups in total. The molecular formula is C110H145N27O11. The van der Waals surface area contributed by atoms with Crippen molar-refractivity contribution < 1.29 is 52.8 Å². The van der Waals surface area contributed by atoms with Crippen molar-refractivity contribution in [2.75, 3.05) is 170 Å². The number of hydrogen-bond acceptors (Lipinski definition) is 32. The fourth-order valence-corrected chi connectivity index (χ4v) is 22.2. The number of methoxy groups -OCH3 is 4. The van der Waals surface area contributed by atoms with Crippen LogP contribution in [0.2, 0.25) is 0 Å². The van der Waals surface area contributed by atoms with Crippen molar-refractivity contribution >= 4 is 140 Å². The molecule has 6 amide bonds. The van der Waals surface area contributed by atoms with Crippen molar-refractivity contribution in [2.24, 2.45) is 31.6 Å². The molecule has 0 atom stereocenters. The van der Waals surface area contributed by atoms with E-state index in [-0.39, 0.29) is 47.6 Å². The Bertz CT molecular complexity index is 6440. The minimum Gasteiger partial charge on any atom is -0.495 e. The van der Waals surface area contributed by atoms with Gasteiger partial charge in [0, 0.05) is 114 Å². The second kappa shape index (κ2) is 44.0. The molecule has 38 heteroatoms. The van der Waals surface area contributed by atoms with Gasteiger partial charge in [-0.25, -0.2) is 19.9 Å². The molecule has 5 aromatic heterocycles. The molecule has 4 aromatic carbocycles. The average Bonchev–Trinajstić information content (AvgIpc) is 1.62. The molecule has 11 heterocycles. The lowest BCUT2D eigenvalue weighted by Crippen LogP contribution is -2.49. The van der Waals surface area contributed by atoms with Crippen molar-refractivity contribution in [2.45, 2.75) is 239 Å². The molecule has 5 saturated carbocycles. The Balaban J connectivity index is 0.000000135. The summed E-state index contributed by atoms with van der Waals surface area (Å²) in [5.41, 5.74) is 6.60. The van der Waals surface area contributed by atoms with E-state index in [9.17, 15) is 33.9 Å². The number of aliphatic hydroxyl groups is 1. The minimum absolute atomic E-state index is 0.0460. The zero-order valence-corrected chi connectivity index (χ0v) is 88.9. The first-order chi connectivity index (χ1) is 70.9. The molecule has 148 heavy (non-hydrogen) atoms. The number of fused-ring (bicyclic) bond motifs is 4. The SMILES string of the molecule is COc1cc(C(=O)NC2(CO)CCCC2)ccc1Nc1ncc2c(n1)N(C1CCCC1)CC(C)(C)C(=O)N2C.COc1cc(C(=O)NCc2ccccn2)ccc1Nc1ncc2c(n1)N(C1CCCC1)CC(C)(C)C(=O)N2C.COc1cc(C2=NCC(C)(C)N2)ccc1Nc1ncc2c(n1)N(C1CCCC1)CC(C)(C)C(=O)N2C.COc1cc(C2=NCCN2)ccc1Nc1ncc2c(n1)N(C1CCCC1)CC(C)(C)C(=O)N2C. The first kappa shape index (κ1) is 105. The van der Waals surface area contributed by atoms with Crippen LogP contribution in [0.5, 0.6) is 23.0 Å². The summed E-state index contributed by atoms with van der Waals surface area (Å²) in [7, 11) is 13.6. The summed E-state index contributed by atoms with van der Waals surface area (Å²) in [6, 6.07) is 29.2. The predicted molar refractivity (Wildman–Crippen MR) is 580 cm³/mol. The maximum atomic E-state index is 13.2. The Hall–Kier alpha value is -14.3. The highest BCUT2D eigenvalue weighted by atomic mass is 16.5. The van der Waals surface area contributed by atoms with E-state index in [0.717, 1.165) is 171 Å². The molecular weight excluding hydrogens is 1880 g/mol. The third-order valence-electron chi connectivity index (χ3n) is 30.4.